The molecule has 0 N–H and O–H groups in total. The van der Waals surface area contributed by atoms with Crippen LogP contribution in [0.25, 0.3) is 5.69 Å². The summed E-state index contributed by atoms with van der Waals surface area (Å²) in [6.45, 7) is 0. The zero-order chi connectivity index (χ0) is 10.4. The molecule has 0 saturated heterocycles. The SMILES string of the molecule is CN(C)C1c2ccccc2-n2cccc21.Cl. The van der Waals surface area contributed by atoms with Crippen molar-refractivity contribution >= 4 is 12.4 Å². The predicted octanol–water partition coefficient (Wildman–Crippen LogP) is 2.86. The summed E-state index contributed by atoms with van der Waals surface area (Å²) in [6, 6.07) is 13.3. The van der Waals surface area contributed by atoms with E-state index < -0.39 is 0 Å². The van der Waals surface area contributed by atoms with Gasteiger partial charge in [0.15, 0.2) is 0 Å². The molecule has 0 amide bonds. The van der Waals surface area contributed by atoms with Crippen LogP contribution in [-0.4, -0.2) is 23.6 Å². The van der Waals surface area contributed by atoms with E-state index in [0.29, 0.717) is 6.04 Å². The van der Waals surface area contributed by atoms with Crippen molar-refractivity contribution < 1.29 is 0 Å². The van der Waals surface area contributed by atoms with Gasteiger partial charge in [-0.05, 0) is 37.9 Å². The van der Waals surface area contributed by atoms with Gasteiger partial charge in [0.1, 0.15) is 0 Å². The first-order valence-electron chi connectivity index (χ1n) is 5.22. The molecular weight excluding hydrogens is 220 g/mol. The molecule has 0 fully saturated rings. The molecule has 2 heterocycles. The Bertz CT molecular complexity index is 502. The van der Waals surface area contributed by atoms with E-state index in [1.807, 2.05) is 0 Å². The zero-order valence-electron chi connectivity index (χ0n) is 9.42. The van der Waals surface area contributed by atoms with Crippen molar-refractivity contribution in [1.82, 2.24) is 9.47 Å². The number of hydrogen-bond donors (Lipinski definition) is 0. The van der Waals surface area contributed by atoms with Gasteiger partial charge in [0.25, 0.3) is 0 Å². The van der Waals surface area contributed by atoms with Crippen molar-refractivity contribution in [2.24, 2.45) is 0 Å². The number of benzene rings is 1. The minimum atomic E-state index is 0. The molecule has 1 aromatic heterocycles. The van der Waals surface area contributed by atoms with Crippen LogP contribution in [0.2, 0.25) is 0 Å². The molecule has 2 nitrogen and oxygen atoms in total. The molecule has 2 aromatic rings. The van der Waals surface area contributed by atoms with Crippen LogP contribution in [-0.2, 0) is 0 Å². The summed E-state index contributed by atoms with van der Waals surface area (Å²) >= 11 is 0. The Morgan fingerprint density at radius 2 is 1.81 bits per heavy atom. The molecule has 1 aromatic carbocycles. The fourth-order valence-electron chi connectivity index (χ4n) is 2.48. The van der Waals surface area contributed by atoms with Gasteiger partial charge in [0.2, 0.25) is 0 Å². The number of nitrogens with zero attached hydrogens (tertiary/aromatic N) is 2. The molecule has 0 saturated carbocycles. The van der Waals surface area contributed by atoms with Gasteiger partial charge in [0, 0.05) is 11.9 Å². The highest BCUT2D eigenvalue weighted by Gasteiger charge is 2.29. The second-order valence-electron chi connectivity index (χ2n) is 4.23. The van der Waals surface area contributed by atoms with Crippen LogP contribution in [0.15, 0.2) is 42.6 Å². The highest BCUT2D eigenvalue weighted by atomic mass is 35.5. The second-order valence-corrected chi connectivity index (χ2v) is 4.23. The van der Waals surface area contributed by atoms with E-state index in [1.54, 1.807) is 0 Å². The van der Waals surface area contributed by atoms with E-state index in [2.05, 4.69) is 66.2 Å². The summed E-state index contributed by atoms with van der Waals surface area (Å²) in [5.41, 5.74) is 4.08. The van der Waals surface area contributed by atoms with Gasteiger partial charge >= 0.3 is 0 Å². The average Bonchev–Trinajstić information content (AvgIpc) is 2.75. The summed E-state index contributed by atoms with van der Waals surface area (Å²) in [4.78, 5) is 2.26. The Morgan fingerprint density at radius 3 is 2.56 bits per heavy atom. The third kappa shape index (κ3) is 1.38. The van der Waals surface area contributed by atoms with Crippen molar-refractivity contribution in [3.63, 3.8) is 0 Å². The van der Waals surface area contributed by atoms with Gasteiger partial charge < -0.3 is 4.57 Å². The van der Waals surface area contributed by atoms with Crippen LogP contribution in [0, 0.1) is 0 Å². The van der Waals surface area contributed by atoms with Gasteiger partial charge in [-0.1, -0.05) is 18.2 Å². The van der Waals surface area contributed by atoms with Crippen molar-refractivity contribution in [1.29, 1.82) is 0 Å². The first-order valence-corrected chi connectivity index (χ1v) is 5.22. The lowest BCUT2D eigenvalue weighted by Crippen LogP contribution is -2.18. The zero-order valence-corrected chi connectivity index (χ0v) is 10.2. The third-order valence-corrected chi connectivity index (χ3v) is 3.07. The maximum atomic E-state index is 2.28. The quantitative estimate of drug-likeness (QED) is 0.737. The number of hydrogen-bond acceptors (Lipinski definition) is 1. The number of fused-ring (bicyclic) bond motifs is 3. The lowest BCUT2D eigenvalue weighted by atomic mass is 10.1. The Labute approximate surface area is 102 Å². The molecule has 1 atom stereocenters. The van der Waals surface area contributed by atoms with E-state index >= 15 is 0 Å². The van der Waals surface area contributed by atoms with Crippen LogP contribution in [0.4, 0.5) is 0 Å². The lowest BCUT2D eigenvalue weighted by molar-refractivity contribution is 0.343. The summed E-state index contributed by atoms with van der Waals surface area (Å²) in [7, 11) is 4.26. The van der Waals surface area contributed by atoms with Crippen LogP contribution < -0.4 is 0 Å². The first kappa shape index (κ1) is 11.2. The number of para-hydroxylation sites is 1. The fourth-order valence-corrected chi connectivity index (χ4v) is 2.48. The first-order chi connectivity index (χ1) is 7.29. The molecule has 0 spiro atoms. The van der Waals surface area contributed by atoms with E-state index in [-0.39, 0.29) is 12.4 Å². The number of halogens is 1. The standard InChI is InChI=1S/C13H14N2.ClH/c1-14(2)13-10-6-3-4-7-11(10)15-9-5-8-12(13)15;/h3-9,13H,1-2H3;1H. The Morgan fingerprint density at radius 1 is 1.06 bits per heavy atom. The molecule has 0 radical (unpaired) electrons. The van der Waals surface area contributed by atoms with E-state index in [1.165, 1.54) is 16.9 Å². The average molecular weight is 235 g/mol. The molecule has 84 valence electrons. The van der Waals surface area contributed by atoms with Gasteiger partial charge in [-0.15, -0.1) is 12.4 Å². The summed E-state index contributed by atoms with van der Waals surface area (Å²) in [5, 5.41) is 0. The minimum absolute atomic E-state index is 0. The van der Waals surface area contributed by atoms with Crippen LogP contribution in [0.1, 0.15) is 17.3 Å². The molecule has 1 aliphatic heterocycles. The smallest absolute Gasteiger partial charge is 0.0775 e. The molecule has 3 heteroatoms. The molecule has 0 aliphatic carbocycles. The fraction of sp³-hybridized carbons (Fsp3) is 0.231. The Balaban J connectivity index is 0.000000963. The molecule has 1 unspecified atom stereocenters. The van der Waals surface area contributed by atoms with Gasteiger partial charge in [-0.2, -0.15) is 0 Å². The molecule has 1 aliphatic rings. The topological polar surface area (TPSA) is 8.17 Å². The maximum absolute atomic E-state index is 2.28. The van der Waals surface area contributed by atoms with Gasteiger partial charge in [0.05, 0.1) is 11.7 Å². The van der Waals surface area contributed by atoms with Crippen LogP contribution in [0.5, 0.6) is 0 Å². The summed E-state index contributed by atoms with van der Waals surface area (Å²) in [5.74, 6) is 0. The van der Waals surface area contributed by atoms with E-state index in [4.69, 9.17) is 0 Å². The highest BCUT2D eigenvalue weighted by molar-refractivity contribution is 5.85. The van der Waals surface area contributed by atoms with Crippen molar-refractivity contribution in [3.8, 4) is 5.69 Å². The highest BCUT2D eigenvalue weighted by Crippen LogP contribution is 2.38. The summed E-state index contributed by atoms with van der Waals surface area (Å²) in [6.07, 6.45) is 2.14. The molecular formula is C13H15ClN2. The predicted molar refractivity (Wildman–Crippen MR) is 68.5 cm³/mol. The minimum Gasteiger partial charge on any atom is -0.319 e. The van der Waals surface area contributed by atoms with Crippen LogP contribution in [0.3, 0.4) is 0 Å². The molecule has 3 rings (SSSR count). The normalized spacial score (nSPS) is 16.8. The lowest BCUT2D eigenvalue weighted by Gasteiger charge is -2.19. The summed E-state index contributed by atoms with van der Waals surface area (Å²) < 4.78 is 2.28. The third-order valence-electron chi connectivity index (χ3n) is 3.07. The van der Waals surface area contributed by atoms with Gasteiger partial charge in [-0.3, -0.25) is 4.90 Å². The second kappa shape index (κ2) is 3.96. The Kier molecular flexibility index (Phi) is 2.78. The number of aromatic nitrogens is 1. The maximum Gasteiger partial charge on any atom is 0.0775 e. The van der Waals surface area contributed by atoms with E-state index in [9.17, 15) is 0 Å². The Hall–Kier alpha value is -1.25. The van der Waals surface area contributed by atoms with Crippen molar-refractivity contribution in [3.05, 3.63) is 53.9 Å². The van der Waals surface area contributed by atoms with E-state index in [0.717, 1.165) is 0 Å². The van der Waals surface area contributed by atoms with Crippen molar-refractivity contribution in [2.45, 2.75) is 6.04 Å². The van der Waals surface area contributed by atoms with Gasteiger partial charge in [-0.25, -0.2) is 0 Å². The molecule has 0 bridgehead atoms. The van der Waals surface area contributed by atoms with Crippen LogP contribution >= 0.6 is 12.4 Å². The van der Waals surface area contributed by atoms with Crippen molar-refractivity contribution in [2.75, 3.05) is 14.1 Å². The number of rotatable bonds is 1. The monoisotopic (exact) mass is 234 g/mol. The molecule has 16 heavy (non-hydrogen) atoms. The largest absolute Gasteiger partial charge is 0.319 e.